The van der Waals surface area contributed by atoms with Gasteiger partial charge in [0.25, 0.3) is 0 Å². The van der Waals surface area contributed by atoms with Crippen molar-refractivity contribution < 1.29 is 80.2 Å². The van der Waals surface area contributed by atoms with Gasteiger partial charge in [0.05, 0.1) is 26.4 Å². The van der Waals surface area contributed by atoms with Crippen molar-refractivity contribution in [3.63, 3.8) is 0 Å². The van der Waals surface area contributed by atoms with Crippen molar-refractivity contribution in [2.75, 3.05) is 39.6 Å². The Hall–Kier alpha value is -1.94. The number of aliphatic hydroxyl groups is 1. The first-order chi connectivity index (χ1) is 49.7. The maximum Gasteiger partial charge on any atom is 0.472 e. The van der Waals surface area contributed by atoms with E-state index >= 15 is 0 Å². The molecule has 0 heterocycles. The maximum absolute atomic E-state index is 13.1. The second kappa shape index (κ2) is 77.2. The average molecular weight is 1490 g/mol. The third kappa shape index (κ3) is 76.3. The van der Waals surface area contributed by atoms with Gasteiger partial charge < -0.3 is 33.8 Å². The lowest BCUT2D eigenvalue weighted by Crippen LogP contribution is -2.30. The summed E-state index contributed by atoms with van der Waals surface area (Å²) in [5.41, 5.74) is 0. The first kappa shape index (κ1) is 100. The van der Waals surface area contributed by atoms with E-state index in [0.29, 0.717) is 25.7 Å². The summed E-state index contributed by atoms with van der Waals surface area (Å²) in [6.07, 6.45) is 70.8. The molecule has 0 aromatic rings. The predicted molar refractivity (Wildman–Crippen MR) is 419 cm³/mol. The molecule has 0 spiro atoms. The number of carbonyl (C=O) groups is 4. The van der Waals surface area contributed by atoms with Gasteiger partial charge in [0, 0.05) is 25.7 Å². The summed E-state index contributed by atoms with van der Waals surface area (Å²) in [4.78, 5) is 73.0. The van der Waals surface area contributed by atoms with Crippen LogP contribution in [0.3, 0.4) is 0 Å². The second-order valence-corrected chi connectivity index (χ2v) is 32.8. The molecule has 0 aliphatic heterocycles. The molecule has 0 amide bonds. The fourth-order valence-corrected chi connectivity index (χ4v) is 14.6. The largest absolute Gasteiger partial charge is 0.472 e. The molecule has 17 nitrogen and oxygen atoms in total. The molecule has 606 valence electrons. The van der Waals surface area contributed by atoms with Crippen LogP contribution < -0.4 is 0 Å². The zero-order valence-corrected chi connectivity index (χ0v) is 68.4. The molecule has 19 heteroatoms. The Balaban J connectivity index is 5.20. The first-order valence-corrected chi connectivity index (χ1v) is 46.3. The van der Waals surface area contributed by atoms with Gasteiger partial charge in [-0.05, 0) is 25.7 Å². The molecule has 0 aromatic carbocycles. The molecule has 102 heavy (non-hydrogen) atoms. The fraction of sp³-hybridized carbons (Fsp3) is 0.952. The smallest absolute Gasteiger partial charge is 0.462 e. The van der Waals surface area contributed by atoms with E-state index in [2.05, 4.69) is 27.7 Å². The number of phosphoric ester groups is 2. The third-order valence-electron chi connectivity index (χ3n) is 19.6. The van der Waals surface area contributed by atoms with Crippen LogP contribution in [-0.4, -0.2) is 96.7 Å². The lowest BCUT2D eigenvalue weighted by Gasteiger charge is -2.21. The molecule has 0 saturated heterocycles. The third-order valence-corrected chi connectivity index (χ3v) is 21.5. The molecule has 0 bridgehead atoms. The molecule has 0 aromatic heterocycles. The number of esters is 4. The normalized spacial score (nSPS) is 13.8. The van der Waals surface area contributed by atoms with Crippen LogP contribution in [0.15, 0.2) is 0 Å². The summed E-state index contributed by atoms with van der Waals surface area (Å²) in [5.74, 6) is -2.10. The zero-order valence-electron chi connectivity index (χ0n) is 66.6. The van der Waals surface area contributed by atoms with E-state index in [1.54, 1.807) is 0 Å². The van der Waals surface area contributed by atoms with Crippen LogP contribution in [0.25, 0.3) is 0 Å². The molecule has 0 fully saturated rings. The second-order valence-electron chi connectivity index (χ2n) is 29.9. The molecule has 0 rings (SSSR count). The Labute approximate surface area is 626 Å². The lowest BCUT2D eigenvalue weighted by atomic mass is 10.0. The molecule has 0 aliphatic rings. The number of ether oxygens (including phenoxy) is 4. The average Bonchev–Trinajstić information content (AvgIpc) is 0.972. The first-order valence-electron chi connectivity index (χ1n) is 43.3. The van der Waals surface area contributed by atoms with Crippen molar-refractivity contribution in [3.05, 3.63) is 0 Å². The highest BCUT2D eigenvalue weighted by molar-refractivity contribution is 7.47. The number of aliphatic hydroxyl groups excluding tert-OH is 1. The van der Waals surface area contributed by atoms with E-state index in [4.69, 9.17) is 37.0 Å². The fourth-order valence-electron chi connectivity index (χ4n) is 13.0. The van der Waals surface area contributed by atoms with Crippen LogP contribution in [-0.2, 0) is 65.4 Å². The summed E-state index contributed by atoms with van der Waals surface area (Å²) in [6, 6.07) is 0. The van der Waals surface area contributed by atoms with E-state index in [0.717, 1.165) is 89.9 Å². The molecular weight excluding hydrogens is 1330 g/mol. The number of phosphoric acid groups is 2. The molecule has 0 aliphatic carbocycles. The van der Waals surface area contributed by atoms with Gasteiger partial charge in [0.1, 0.15) is 19.3 Å². The predicted octanol–water partition coefficient (Wildman–Crippen LogP) is 25.4. The van der Waals surface area contributed by atoms with Crippen LogP contribution >= 0.6 is 15.6 Å². The zero-order chi connectivity index (χ0) is 74.6. The molecule has 2 unspecified atom stereocenters. The summed E-state index contributed by atoms with van der Waals surface area (Å²) in [5, 5.41) is 10.6. The van der Waals surface area contributed by atoms with Crippen molar-refractivity contribution >= 4 is 39.5 Å². The number of hydrogen-bond acceptors (Lipinski definition) is 15. The summed E-state index contributed by atoms with van der Waals surface area (Å²) in [7, 11) is -9.92. The lowest BCUT2D eigenvalue weighted by molar-refractivity contribution is -0.161. The Kier molecular flexibility index (Phi) is 75.8. The van der Waals surface area contributed by atoms with Gasteiger partial charge in [-0.3, -0.25) is 37.3 Å². The van der Waals surface area contributed by atoms with Crippen molar-refractivity contribution in [2.45, 2.75) is 470 Å². The van der Waals surface area contributed by atoms with Crippen LogP contribution in [0.2, 0.25) is 0 Å². The standard InChI is InChI=1S/C83H162O17P2/c1-5-9-13-17-21-25-29-31-33-35-37-39-41-43-45-49-52-56-60-64-68-81(86)94-74-79(100-83(88)70-66-62-58-54-50-46-44-42-40-38-36-34-32-30-26-22-18-14-10-6-2)76-98-102(91,92)96-72-77(84)71-95-101(89,90)97-75-78(99-82(87)69-65-61-57-53-48-28-24-20-16-12-8-4)73-93-80(85)67-63-59-55-51-47-27-23-19-15-11-7-3/h77-79,84H,5-76H2,1-4H3,(H,89,90)(H,91,92)/t77-,78+,79+/m0/s1. The van der Waals surface area contributed by atoms with Crippen LogP contribution in [0.5, 0.6) is 0 Å². The van der Waals surface area contributed by atoms with Gasteiger partial charge >= 0.3 is 39.5 Å². The van der Waals surface area contributed by atoms with Crippen molar-refractivity contribution in [3.8, 4) is 0 Å². The van der Waals surface area contributed by atoms with Crippen LogP contribution in [0.1, 0.15) is 451 Å². The Bertz CT molecular complexity index is 1930. The van der Waals surface area contributed by atoms with Gasteiger partial charge in [-0.15, -0.1) is 0 Å². The Morgan fingerprint density at radius 2 is 0.392 bits per heavy atom. The van der Waals surface area contributed by atoms with Crippen molar-refractivity contribution in [1.29, 1.82) is 0 Å². The Morgan fingerprint density at radius 1 is 0.235 bits per heavy atom. The summed E-state index contributed by atoms with van der Waals surface area (Å²) >= 11 is 0. The van der Waals surface area contributed by atoms with E-state index < -0.39 is 97.5 Å². The van der Waals surface area contributed by atoms with Gasteiger partial charge in [-0.25, -0.2) is 9.13 Å². The van der Waals surface area contributed by atoms with Crippen LogP contribution in [0, 0.1) is 0 Å². The summed E-state index contributed by atoms with van der Waals surface area (Å²) in [6.45, 7) is 5.03. The van der Waals surface area contributed by atoms with E-state index in [9.17, 15) is 43.2 Å². The molecule has 3 N–H and O–H groups in total. The maximum atomic E-state index is 13.1. The van der Waals surface area contributed by atoms with Crippen LogP contribution in [0.4, 0.5) is 0 Å². The van der Waals surface area contributed by atoms with E-state index in [1.165, 1.54) is 283 Å². The van der Waals surface area contributed by atoms with Gasteiger partial charge in [0.2, 0.25) is 0 Å². The molecule has 5 atom stereocenters. The number of hydrogen-bond donors (Lipinski definition) is 3. The monoisotopic (exact) mass is 1490 g/mol. The van der Waals surface area contributed by atoms with E-state index in [1.807, 2.05) is 0 Å². The highest BCUT2D eigenvalue weighted by atomic mass is 31.2. The Morgan fingerprint density at radius 3 is 0.578 bits per heavy atom. The minimum Gasteiger partial charge on any atom is -0.462 e. The highest BCUT2D eigenvalue weighted by Gasteiger charge is 2.30. The van der Waals surface area contributed by atoms with Gasteiger partial charge in [-0.1, -0.05) is 400 Å². The quantitative estimate of drug-likeness (QED) is 0.0222. The number of carbonyl (C=O) groups excluding carboxylic acids is 4. The minimum absolute atomic E-state index is 0.108. The number of rotatable bonds is 84. The number of unbranched alkanes of at least 4 members (excludes halogenated alkanes) is 58. The van der Waals surface area contributed by atoms with Crippen molar-refractivity contribution in [1.82, 2.24) is 0 Å². The summed E-state index contributed by atoms with van der Waals surface area (Å²) < 4.78 is 68.7. The van der Waals surface area contributed by atoms with Gasteiger partial charge in [0.15, 0.2) is 12.2 Å². The van der Waals surface area contributed by atoms with Crippen molar-refractivity contribution in [2.24, 2.45) is 0 Å². The molecule has 0 radical (unpaired) electrons. The topological polar surface area (TPSA) is 237 Å². The minimum atomic E-state index is -4.96. The van der Waals surface area contributed by atoms with Gasteiger partial charge in [-0.2, -0.15) is 0 Å². The highest BCUT2D eigenvalue weighted by Crippen LogP contribution is 2.45. The molecule has 0 saturated carbocycles. The van der Waals surface area contributed by atoms with E-state index in [-0.39, 0.29) is 25.7 Å². The SMILES string of the molecule is CCCCCCCCCCCCCCCCCCCCCCC(=O)OC[C@H](COP(=O)(O)OC[C@@H](O)COP(=O)(O)OC[C@@H](COC(=O)CCCCCCCCCCCCC)OC(=O)CCCCCCCCCCCCC)OC(=O)CCCCCCCCCCCCCCCCCCCCCC. The molecular formula is C83H162O17P2.